The fraction of sp³-hybridized carbons (Fsp3) is 0.636. The van der Waals surface area contributed by atoms with E-state index in [2.05, 4.69) is 17.0 Å². The molecule has 2 N–H and O–H groups in total. The molecule has 0 fully saturated rings. The molecule has 0 saturated carbocycles. The first kappa shape index (κ1) is 14.6. The van der Waals surface area contributed by atoms with Gasteiger partial charge in [-0.05, 0) is 31.5 Å². The van der Waals surface area contributed by atoms with Crippen molar-refractivity contribution < 1.29 is 8.42 Å². The highest BCUT2D eigenvalue weighted by molar-refractivity contribution is 7.91. The van der Waals surface area contributed by atoms with Gasteiger partial charge in [-0.25, -0.2) is 13.1 Å². The molecule has 0 unspecified atom stereocenters. The molecule has 0 aliphatic carbocycles. The zero-order valence-corrected chi connectivity index (χ0v) is 12.2. The van der Waals surface area contributed by atoms with Gasteiger partial charge in [-0.15, -0.1) is 11.3 Å². The van der Waals surface area contributed by atoms with Gasteiger partial charge >= 0.3 is 0 Å². The smallest absolute Gasteiger partial charge is 0.250 e. The van der Waals surface area contributed by atoms with Crippen LogP contribution in [-0.4, -0.2) is 21.5 Å². The summed E-state index contributed by atoms with van der Waals surface area (Å²) < 4.78 is 26.5. The van der Waals surface area contributed by atoms with Crippen molar-refractivity contribution in [2.45, 2.75) is 37.9 Å². The molecule has 0 atom stereocenters. The van der Waals surface area contributed by atoms with E-state index >= 15 is 0 Å². The van der Waals surface area contributed by atoms with Gasteiger partial charge < -0.3 is 5.32 Å². The van der Waals surface area contributed by atoms with Crippen LogP contribution in [0.25, 0.3) is 0 Å². The molecule has 0 spiro atoms. The van der Waals surface area contributed by atoms with Crippen molar-refractivity contribution in [3.8, 4) is 0 Å². The Morgan fingerprint density at radius 1 is 1.35 bits per heavy atom. The van der Waals surface area contributed by atoms with Crippen LogP contribution >= 0.6 is 11.3 Å². The summed E-state index contributed by atoms with van der Waals surface area (Å²) in [4.78, 5) is 1.09. The number of sulfonamides is 1. The SMILES string of the molecule is CCCNCc1sc(S(=O)(=O)NCC)cc1C. The summed E-state index contributed by atoms with van der Waals surface area (Å²) in [6, 6.07) is 1.74. The molecule has 0 radical (unpaired) electrons. The monoisotopic (exact) mass is 276 g/mol. The third-order valence-electron chi connectivity index (χ3n) is 2.31. The zero-order valence-electron chi connectivity index (χ0n) is 10.5. The van der Waals surface area contributed by atoms with E-state index < -0.39 is 10.0 Å². The average molecular weight is 276 g/mol. The van der Waals surface area contributed by atoms with E-state index in [1.807, 2.05) is 6.92 Å². The normalized spacial score (nSPS) is 11.9. The molecule has 0 saturated heterocycles. The maximum Gasteiger partial charge on any atom is 0.250 e. The number of rotatable bonds is 7. The Hall–Kier alpha value is -0.430. The summed E-state index contributed by atoms with van der Waals surface area (Å²) in [5.74, 6) is 0. The van der Waals surface area contributed by atoms with E-state index in [0.717, 1.165) is 30.0 Å². The summed E-state index contributed by atoms with van der Waals surface area (Å²) in [5.41, 5.74) is 1.04. The highest BCUT2D eigenvalue weighted by Gasteiger charge is 2.17. The fourth-order valence-corrected chi connectivity index (χ4v) is 4.08. The molecule has 98 valence electrons. The predicted molar refractivity (Wildman–Crippen MR) is 71.9 cm³/mol. The standard InChI is InChI=1S/C11H20N2O2S2/c1-4-6-12-8-10-9(3)7-11(16-10)17(14,15)13-5-2/h7,12-13H,4-6,8H2,1-3H3. The largest absolute Gasteiger partial charge is 0.312 e. The highest BCUT2D eigenvalue weighted by Crippen LogP contribution is 2.25. The van der Waals surface area contributed by atoms with E-state index in [9.17, 15) is 8.42 Å². The highest BCUT2D eigenvalue weighted by atomic mass is 32.2. The van der Waals surface area contributed by atoms with Crippen molar-refractivity contribution >= 4 is 21.4 Å². The van der Waals surface area contributed by atoms with Crippen LogP contribution in [0, 0.1) is 6.92 Å². The van der Waals surface area contributed by atoms with Gasteiger partial charge in [0.1, 0.15) is 4.21 Å². The Kier molecular flexibility index (Phi) is 5.58. The molecule has 0 aliphatic rings. The van der Waals surface area contributed by atoms with Gasteiger partial charge in [-0.2, -0.15) is 0 Å². The molecule has 0 amide bonds. The maximum absolute atomic E-state index is 11.8. The summed E-state index contributed by atoms with van der Waals surface area (Å²) in [7, 11) is -3.30. The van der Waals surface area contributed by atoms with Gasteiger partial charge in [0.15, 0.2) is 0 Å². The van der Waals surface area contributed by atoms with Crippen molar-refractivity contribution in [3.63, 3.8) is 0 Å². The van der Waals surface area contributed by atoms with Crippen molar-refractivity contribution in [2.24, 2.45) is 0 Å². The molecule has 1 aromatic heterocycles. The van der Waals surface area contributed by atoms with Crippen LogP contribution in [-0.2, 0) is 16.6 Å². The molecule has 0 aromatic carbocycles. The summed E-state index contributed by atoms with van der Waals surface area (Å²) in [6.45, 7) is 7.95. The molecular formula is C11H20N2O2S2. The minimum Gasteiger partial charge on any atom is -0.312 e. The van der Waals surface area contributed by atoms with Gasteiger partial charge in [0.25, 0.3) is 0 Å². The van der Waals surface area contributed by atoms with E-state index in [1.165, 1.54) is 11.3 Å². The van der Waals surface area contributed by atoms with Gasteiger partial charge in [0, 0.05) is 18.0 Å². The van der Waals surface area contributed by atoms with Gasteiger partial charge in [0.05, 0.1) is 0 Å². The number of hydrogen-bond acceptors (Lipinski definition) is 4. The maximum atomic E-state index is 11.8. The molecular weight excluding hydrogens is 256 g/mol. The second-order valence-corrected chi connectivity index (χ2v) is 6.98. The molecule has 0 bridgehead atoms. The Labute approximate surface area is 107 Å². The van der Waals surface area contributed by atoms with Crippen molar-refractivity contribution in [1.82, 2.24) is 10.0 Å². The Bertz CT molecular complexity index is 452. The van der Waals surface area contributed by atoms with Crippen LogP contribution in [0.5, 0.6) is 0 Å². The lowest BCUT2D eigenvalue weighted by molar-refractivity contribution is 0.586. The first-order valence-corrected chi connectivity index (χ1v) is 8.11. The van der Waals surface area contributed by atoms with Crippen molar-refractivity contribution in [2.75, 3.05) is 13.1 Å². The van der Waals surface area contributed by atoms with E-state index in [1.54, 1.807) is 13.0 Å². The molecule has 4 nitrogen and oxygen atoms in total. The summed E-state index contributed by atoms with van der Waals surface area (Å²) >= 11 is 1.34. The Morgan fingerprint density at radius 3 is 2.65 bits per heavy atom. The van der Waals surface area contributed by atoms with Gasteiger partial charge in [-0.3, -0.25) is 0 Å². The Balaban J connectivity index is 2.81. The lowest BCUT2D eigenvalue weighted by atomic mass is 10.3. The van der Waals surface area contributed by atoms with Crippen LogP contribution in [0.2, 0.25) is 0 Å². The van der Waals surface area contributed by atoms with Gasteiger partial charge in [-0.1, -0.05) is 13.8 Å². The quantitative estimate of drug-likeness (QED) is 0.747. The van der Waals surface area contributed by atoms with E-state index in [4.69, 9.17) is 0 Å². The van der Waals surface area contributed by atoms with Crippen molar-refractivity contribution in [1.29, 1.82) is 0 Å². The number of nitrogens with one attached hydrogen (secondary N) is 2. The number of hydrogen-bond donors (Lipinski definition) is 2. The molecule has 6 heteroatoms. The number of thiophene rings is 1. The summed E-state index contributed by atoms with van der Waals surface area (Å²) in [5, 5.41) is 3.28. The van der Waals surface area contributed by atoms with Crippen LogP contribution in [0.1, 0.15) is 30.7 Å². The Morgan fingerprint density at radius 2 is 2.06 bits per heavy atom. The lowest BCUT2D eigenvalue weighted by Gasteiger charge is -2.01. The fourth-order valence-electron chi connectivity index (χ4n) is 1.44. The van der Waals surface area contributed by atoms with Crippen LogP contribution in [0.3, 0.4) is 0 Å². The summed E-state index contributed by atoms with van der Waals surface area (Å²) in [6.07, 6.45) is 1.08. The molecule has 1 aromatic rings. The third-order valence-corrected chi connectivity index (χ3v) is 5.57. The van der Waals surface area contributed by atoms with Gasteiger partial charge in [0.2, 0.25) is 10.0 Å². The van der Waals surface area contributed by atoms with Crippen LogP contribution < -0.4 is 10.0 Å². The predicted octanol–water partition coefficient (Wildman–Crippen LogP) is 1.85. The lowest BCUT2D eigenvalue weighted by Crippen LogP contribution is -2.22. The minimum atomic E-state index is -3.30. The molecule has 17 heavy (non-hydrogen) atoms. The van der Waals surface area contributed by atoms with Crippen LogP contribution in [0.15, 0.2) is 10.3 Å². The molecule has 1 rings (SSSR count). The average Bonchev–Trinajstić information content (AvgIpc) is 2.62. The van der Waals surface area contributed by atoms with E-state index in [-0.39, 0.29) is 0 Å². The second kappa shape index (κ2) is 6.49. The second-order valence-electron chi connectivity index (χ2n) is 3.85. The topological polar surface area (TPSA) is 58.2 Å². The zero-order chi connectivity index (χ0) is 12.9. The van der Waals surface area contributed by atoms with Crippen LogP contribution in [0.4, 0.5) is 0 Å². The minimum absolute atomic E-state index is 0.408. The first-order valence-electron chi connectivity index (χ1n) is 5.81. The van der Waals surface area contributed by atoms with Crippen molar-refractivity contribution in [3.05, 3.63) is 16.5 Å². The third kappa shape index (κ3) is 4.06. The number of aryl methyl sites for hydroxylation is 1. The van der Waals surface area contributed by atoms with E-state index in [0.29, 0.717) is 10.8 Å². The first-order chi connectivity index (χ1) is 8.01. The molecule has 1 heterocycles. The molecule has 0 aliphatic heterocycles.